The average molecular weight is 450 g/mol. The number of nitrogens with zero attached hydrogens (tertiary/aromatic N) is 3. The van der Waals surface area contributed by atoms with Crippen molar-refractivity contribution < 1.29 is 22.8 Å². The number of anilines is 1. The Morgan fingerprint density at radius 2 is 1.61 bits per heavy atom. The molecule has 1 aromatic rings. The largest absolute Gasteiger partial charge is 0.341 e. The van der Waals surface area contributed by atoms with Crippen LogP contribution in [0.3, 0.4) is 0 Å². The van der Waals surface area contributed by atoms with Crippen LogP contribution in [0.2, 0.25) is 0 Å². The van der Waals surface area contributed by atoms with Gasteiger partial charge in [-0.15, -0.1) is 0 Å². The second-order valence-electron chi connectivity index (χ2n) is 8.01. The number of carbonyl (C=O) groups is 3. The molecule has 3 amide bonds. The summed E-state index contributed by atoms with van der Waals surface area (Å²) in [5.41, 5.74) is 0.765. The van der Waals surface area contributed by atoms with Crippen LogP contribution in [0.5, 0.6) is 0 Å². The first kappa shape index (κ1) is 21.7. The SMILES string of the molecule is O=C1NC(CC(=O)N2CCCN(S(=O)(=O)N3CCCC3)CC2)C(=O)Nc2ccccc21. The van der Waals surface area contributed by atoms with Gasteiger partial charge in [0.1, 0.15) is 6.04 Å². The van der Waals surface area contributed by atoms with Gasteiger partial charge in [-0.3, -0.25) is 14.4 Å². The third kappa shape index (κ3) is 4.58. The van der Waals surface area contributed by atoms with Gasteiger partial charge in [-0.05, 0) is 31.4 Å². The molecular formula is C20H27N5O5S. The van der Waals surface area contributed by atoms with Crippen LogP contribution in [-0.2, 0) is 19.8 Å². The van der Waals surface area contributed by atoms with Crippen LogP contribution >= 0.6 is 0 Å². The smallest absolute Gasteiger partial charge is 0.282 e. The van der Waals surface area contributed by atoms with Crippen molar-refractivity contribution in [2.75, 3.05) is 44.6 Å². The van der Waals surface area contributed by atoms with E-state index in [0.717, 1.165) is 12.8 Å². The second kappa shape index (κ2) is 8.93. The summed E-state index contributed by atoms with van der Waals surface area (Å²) < 4.78 is 28.6. The van der Waals surface area contributed by atoms with Crippen LogP contribution in [-0.4, -0.2) is 85.0 Å². The minimum Gasteiger partial charge on any atom is -0.341 e. The summed E-state index contributed by atoms with van der Waals surface area (Å²) in [6, 6.07) is 5.69. The van der Waals surface area contributed by atoms with Gasteiger partial charge < -0.3 is 15.5 Å². The Morgan fingerprint density at radius 1 is 0.935 bits per heavy atom. The standard InChI is InChI=1S/C20H27N5O5S/c26-18(14-17-20(28)21-16-7-2-1-6-15(16)19(27)22-17)23-8-5-11-25(13-12-23)31(29,30)24-9-3-4-10-24/h1-2,6-7,17H,3-5,8-14H2,(H,21,28)(H,22,27). The minimum atomic E-state index is -3.51. The Kier molecular flexibility index (Phi) is 6.26. The quantitative estimate of drug-likeness (QED) is 0.671. The van der Waals surface area contributed by atoms with Gasteiger partial charge >= 0.3 is 0 Å². The predicted octanol–water partition coefficient (Wildman–Crippen LogP) is 0.00210. The first-order valence-corrected chi connectivity index (χ1v) is 12.0. The molecule has 1 aromatic carbocycles. The van der Waals surface area contributed by atoms with E-state index in [4.69, 9.17) is 0 Å². The van der Waals surface area contributed by atoms with Crippen LogP contribution in [0.1, 0.15) is 36.0 Å². The van der Waals surface area contributed by atoms with E-state index < -0.39 is 28.1 Å². The Labute approximate surface area is 181 Å². The van der Waals surface area contributed by atoms with Gasteiger partial charge in [0.2, 0.25) is 11.8 Å². The average Bonchev–Trinajstić information content (AvgIpc) is 3.14. The highest BCUT2D eigenvalue weighted by Gasteiger charge is 2.35. The Hall–Kier alpha value is -2.50. The Bertz CT molecular complexity index is 976. The molecule has 0 bridgehead atoms. The molecule has 31 heavy (non-hydrogen) atoms. The number of para-hydroxylation sites is 1. The lowest BCUT2D eigenvalue weighted by molar-refractivity contribution is -0.133. The van der Waals surface area contributed by atoms with E-state index in [0.29, 0.717) is 43.9 Å². The summed E-state index contributed by atoms with van der Waals surface area (Å²) >= 11 is 0. The third-order valence-electron chi connectivity index (χ3n) is 5.96. The molecule has 0 saturated carbocycles. The first-order chi connectivity index (χ1) is 14.9. The third-order valence-corrected chi connectivity index (χ3v) is 7.99. The molecule has 168 valence electrons. The molecule has 0 radical (unpaired) electrons. The summed E-state index contributed by atoms with van der Waals surface area (Å²) in [6.45, 7) is 2.33. The molecule has 3 heterocycles. The summed E-state index contributed by atoms with van der Waals surface area (Å²) in [7, 11) is -3.51. The second-order valence-corrected chi connectivity index (χ2v) is 9.94. The molecule has 0 aliphatic carbocycles. The lowest BCUT2D eigenvalue weighted by atomic mass is 10.1. The minimum absolute atomic E-state index is 0.176. The maximum Gasteiger partial charge on any atom is 0.282 e. The zero-order valence-corrected chi connectivity index (χ0v) is 18.1. The van der Waals surface area contributed by atoms with E-state index >= 15 is 0 Å². The molecule has 1 unspecified atom stereocenters. The van der Waals surface area contributed by atoms with Gasteiger partial charge in [0.15, 0.2) is 0 Å². The van der Waals surface area contributed by atoms with Crippen LogP contribution < -0.4 is 10.6 Å². The lowest BCUT2D eigenvalue weighted by Crippen LogP contribution is -2.47. The van der Waals surface area contributed by atoms with Crippen molar-refractivity contribution in [2.24, 2.45) is 0 Å². The highest BCUT2D eigenvalue weighted by molar-refractivity contribution is 7.86. The normalized spacial score (nSPS) is 23.5. The van der Waals surface area contributed by atoms with Crippen molar-refractivity contribution in [3.8, 4) is 0 Å². The first-order valence-electron chi connectivity index (χ1n) is 10.6. The van der Waals surface area contributed by atoms with E-state index in [-0.39, 0.29) is 25.4 Å². The van der Waals surface area contributed by atoms with Crippen molar-refractivity contribution in [1.82, 2.24) is 18.8 Å². The van der Waals surface area contributed by atoms with Crippen LogP contribution in [0.4, 0.5) is 5.69 Å². The lowest BCUT2D eigenvalue weighted by Gasteiger charge is -2.26. The maximum atomic E-state index is 12.9. The van der Waals surface area contributed by atoms with Crippen molar-refractivity contribution in [2.45, 2.75) is 31.7 Å². The van der Waals surface area contributed by atoms with Gasteiger partial charge in [-0.1, -0.05) is 12.1 Å². The predicted molar refractivity (Wildman–Crippen MR) is 113 cm³/mol. The fourth-order valence-electron chi connectivity index (χ4n) is 4.21. The molecule has 0 aromatic heterocycles. The molecule has 2 fully saturated rings. The van der Waals surface area contributed by atoms with Crippen LogP contribution in [0.25, 0.3) is 0 Å². The molecule has 10 nitrogen and oxygen atoms in total. The molecular weight excluding hydrogens is 422 g/mol. The number of rotatable bonds is 4. The zero-order chi connectivity index (χ0) is 22.0. The summed E-state index contributed by atoms with van der Waals surface area (Å²) in [6.07, 6.45) is 2.09. The monoisotopic (exact) mass is 449 g/mol. The summed E-state index contributed by atoms with van der Waals surface area (Å²) in [4.78, 5) is 39.5. The molecule has 2 saturated heterocycles. The topological polar surface area (TPSA) is 119 Å². The summed E-state index contributed by atoms with van der Waals surface area (Å²) in [5.74, 6) is -1.14. The molecule has 0 spiro atoms. The van der Waals surface area contributed by atoms with Crippen molar-refractivity contribution in [1.29, 1.82) is 0 Å². The fourth-order valence-corrected chi connectivity index (χ4v) is 5.93. The fraction of sp³-hybridized carbons (Fsp3) is 0.550. The van der Waals surface area contributed by atoms with Crippen molar-refractivity contribution >= 4 is 33.6 Å². The van der Waals surface area contributed by atoms with Gasteiger partial charge in [-0.2, -0.15) is 17.0 Å². The Morgan fingerprint density at radius 3 is 2.39 bits per heavy atom. The molecule has 1 atom stereocenters. The van der Waals surface area contributed by atoms with E-state index in [1.165, 1.54) is 8.61 Å². The zero-order valence-electron chi connectivity index (χ0n) is 17.2. The van der Waals surface area contributed by atoms with E-state index in [1.807, 2.05) is 0 Å². The highest BCUT2D eigenvalue weighted by Crippen LogP contribution is 2.21. The van der Waals surface area contributed by atoms with Gasteiger partial charge in [0.25, 0.3) is 16.1 Å². The number of hydrogen-bond donors (Lipinski definition) is 2. The van der Waals surface area contributed by atoms with E-state index in [9.17, 15) is 22.8 Å². The number of carbonyl (C=O) groups excluding carboxylic acids is 3. The van der Waals surface area contributed by atoms with Gasteiger partial charge in [0, 0.05) is 39.3 Å². The van der Waals surface area contributed by atoms with Gasteiger partial charge in [0.05, 0.1) is 17.7 Å². The number of benzene rings is 1. The Balaban J connectivity index is 1.38. The number of nitrogens with one attached hydrogen (secondary N) is 2. The number of amides is 3. The maximum absolute atomic E-state index is 12.9. The molecule has 2 N–H and O–H groups in total. The van der Waals surface area contributed by atoms with Gasteiger partial charge in [-0.25, -0.2) is 0 Å². The van der Waals surface area contributed by atoms with Crippen molar-refractivity contribution in [3.05, 3.63) is 29.8 Å². The van der Waals surface area contributed by atoms with Crippen LogP contribution in [0, 0.1) is 0 Å². The number of hydrogen-bond acceptors (Lipinski definition) is 5. The van der Waals surface area contributed by atoms with E-state index in [2.05, 4.69) is 10.6 Å². The molecule has 3 aliphatic heterocycles. The molecule has 3 aliphatic rings. The number of fused-ring (bicyclic) bond motifs is 1. The summed E-state index contributed by atoms with van der Waals surface area (Å²) in [5, 5.41) is 5.32. The highest BCUT2D eigenvalue weighted by atomic mass is 32.2. The van der Waals surface area contributed by atoms with E-state index in [1.54, 1.807) is 29.2 Å². The van der Waals surface area contributed by atoms with Crippen molar-refractivity contribution in [3.63, 3.8) is 0 Å². The molecule has 4 rings (SSSR count). The van der Waals surface area contributed by atoms with Crippen LogP contribution in [0.15, 0.2) is 24.3 Å². The molecule has 11 heteroatoms.